The fraction of sp³-hybridized carbons (Fsp3) is 0.167. The van der Waals surface area contributed by atoms with Crippen LogP contribution in [-0.2, 0) is 0 Å². The molecule has 3 rings (SSSR count). The van der Waals surface area contributed by atoms with E-state index in [1.165, 1.54) is 5.57 Å². The van der Waals surface area contributed by atoms with Crippen LogP contribution in [0.3, 0.4) is 0 Å². The molecule has 4 heteroatoms. The fourth-order valence-electron chi connectivity index (χ4n) is 2.64. The minimum absolute atomic E-state index is 0.0362. The van der Waals surface area contributed by atoms with Crippen LogP contribution in [-0.4, -0.2) is 23.9 Å². The smallest absolute Gasteiger partial charge is 0.254 e. The van der Waals surface area contributed by atoms with E-state index in [4.69, 9.17) is 23.2 Å². The topological polar surface area (TPSA) is 20.3 Å². The van der Waals surface area contributed by atoms with Gasteiger partial charge in [-0.15, -0.1) is 0 Å². The Balaban J connectivity index is 1.81. The van der Waals surface area contributed by atoms with E-state index in [-0.39, 0.29) is 5.91 Å². The van der Waals surface area contributed by atoms with E-state index in [0.29, 0.717) is 28.7 Å². The monoisotopic (exact) mass is 331 g/mol. The summed E-state index contributed by atoms with van der Waals surface area (Å²) in [5.74, 6) is -0.0362. The summed E-state index contributed by atoms with van der Waals surface area (Å²) < 4.78 is 0. The molecule has 2 aromatic rings. The summed E-state index contributed by atoms with van der Waals surface area (Å²) in [6, 6.07) is 15.1. The van der Waals surface area contributed by atoms with Gasteiger partial charge in [-0.3, -0.25) is 4.79 Å². The maximum atomic E-state index is 12.7. The molecule has 0 spiro atoms. The van der Waals surface area contributed by atoms with E-state index in [1.807, 2.05) is 23.1 Å². The van der Waals surface area contributed by atoms with Crippen LogP contribution in [0.15, 0.2) is 54.6 Å². The molecule has 0 saturated carbocycles. The molecule has 0 unspecified atom stereocenters. The standard InChI is InChI=1S/C18H15Cl2NO/c19-16-9-15(10-17(20)11-16)18(22)21-8-4-7-14(12-21)13-5-2-1-3-6-13/h1-3,5-7,9-11H,4,8,12H2. The Kier molecular flexibility index (Phi) is 4.51. The zero-order valence-corrected chi connectivity index (χ0v) is 13.4. The average molecular weight is 332 g/mol. The molecular formula is C18H15Cl2NO. The maximum Gasteiger partial charge on any atom is 0.254 e. The van der Waals surface area contributed by atoms with Crippen molar-refractivity contribution in [1.82, 2.24) is 4.90 Å². The summed E-state index contributed by atoms with van der Waals surface area (Å²) in [5, 5.41) is 0.957. The van der Waals surface area contributed by atoms with Gasteiger partial charge in [0.2, 0.25) is 0 Å². The largest absolute Gasteiger partial charge is 0.334 e. The lowest BCUT2D eigenvalue weighted by Crippen LogP contribution is -2.35. The van der Waals surface area contributed by atoms with Gasteiger partial charge in [-0.25, -0.2) is 0 Å². The van der Waals surface area contributed by atoms with Crippen LogP contribution in [0.25, 0.3) is 5.57 Å². The highest BCUT2D eigenvalue weighted by molar-refractivity contribution is 6.35. The number of carbonyl (C=O) groups is 1. The predicted molar refractivity (Wildman–Crippen MR) is 91.4 cm³/mol. The van der Waals surface area contributed by atoms with Gasteiger partial charge in [0.15, 0.2) is 0 Å². The summed E-state index contributed by atoms with van der Waals surface area (Å²) >= 11 is 12.0. The van der Waals surface area contributed by atoms with Crippen LogP contribution in [0.4, 0.5) is 0 Å². The number of hydrogen-bond acceptors (Lipinski definition) is 1. The second kappa shape index (κ2) is 6.55. The van der Waals surface area contributed by atoms with Gasteiger partial charge in [0.25, 0.3) is 5.91 Å². The highest BCUT2D eigenvalue weighted by Gasteiger charge is 2.20. The van der Waals surface area contributed by atoms with Crippen LogP contribution >= 0.6 is 23.2 Å². The molecule has 1 amide bonds. The van der Waals surface area contributed by atoms with Crippen molar-refractivity contribution < 1.29 is 4.79 Å². The van der Waals surface area contributed by atoms with E-state index < -0.39 is 0 Å². The van der Waals surface area contributed by atoms with Gasteiger partial charge in [-0.2, -0.15) is 0 Å². The first kappa shape index (κ1) is 15.1. The van der Waals surface area contributed by atoms with Crippen molar-refractivity contribution in [3.63, 3.8) is 0 Å². The van der Waals surface area contributed by atoms with E-state index in [9.17, 15) is 4.79 Å². The highest BCUT2D eigenvalue weighted by Crippen LogP contribution is 2.24. The molecule has 0 fully saturated rings. The zero-order valence-electron chi connectivity index (χ0n) is 11.9. The average Bonchev–Trinajstić information content (AvgIpc) is 2.54. The lowest BCUT2D eigenvalue weighted by atomic mass is 10.0. The molecule has 0 radical (unpaired) electrons. The summed E-state index contributed by atoms with van der Waals surface area (Å²) in [6.07, 6.45) is 3.05. The predicted octanol–water partition coefficient (Wildman–Crippen LogP) is 4.92. The zero-order chi connectivity index (χ0) is 15.5. The van der Waals surface area contributed by atoms with Crippen molar-refractivity contribution in [3.05, 3.63) is 75.8 Å². The van der Waals surface area contributed by atoms with Gasteiger partial charge in [-0.05, 0) is 35.8 Å². The summed E-state index contributed by atoms with van der Waals surface area (Å²) in [5.41, 5.74) is 2.87. The number of halogens is 2. The number of benzene rings is 2. The Bertz CT molecular complexity index is 705. The number of nitrogens with zero attached hydrogens (tertiary/aromatic N) is 1. The third-order valence-electron chi connectivity index (χ3n) is 3.69. The fourth-order valence-corrected chi connectivity index (χ4v) is 3.16. The highest BCUT2D eigenvalue weighted by atomic mass is 35.5. The minimum Gasteiger partial charge on any atom is -0.334 e. The first-order chi connectivity index (χ1) is 10.6. The van der Waals surface area contributed by atoms with Crippen molar-refractivity contribution >= 4 is 34.7 Å². The van der Waals surface area contributed by atoms with Crippen molar-refractivity contribution in [2.45, 2.75) is 6.42 Å². The molecular weight excluding hydrogens is 317 g/mol. The summed E-state index contributed by atoms with van der Waals surface area (Å²) in [6.45, 7) is 1.31. The minimum atomic E-state index is -0.0362. The Morgan fingerprint density at radius 3 is 2.36 bits per heavy atom. The number of rotatable bonds is 2. The number of amides is 1. The third kappa shape index (κ3) is 3.34. The molecule has 1 aliphatic heterocycles. The molecule has 2 nitrogen and oxygen atoms in total. The van der Waals surface area contributed by atoms with E-state index >= 15 is 0 Å². The summed E-state index contributed by atoms with van der Waals surface area (Å²) in [4.78, 5) is 14.5. The van der Waals surface area contributed by atoms with Crippen LogP contribution < -0.4 is 0 Å². The van der Waals surface area contributed by atoms with Gasteiger partial charge in [0.05, 0.1) is 0 Å². The molecule has 0 N–H and O–H groups in total. The molecule has 112 valence electrons. The Morgan fingerprint density at radius 2 is 1.68 bits per heavy atom. The molecule has 0 bridgehead atoms. The Labute approximate surface area is 140 Å². The summed E-state index contributed by atoms with van der Waals surface area (Å²) in [7, 11) is 0. The second-order valence-electron chi connectivity index (χ2n) is 5.27. The maximum absolute atomic E-state index is 12.7. The Hall–Kier alpha value is -1.77. The van der Waals surface area contributed by atoms with E-state index in [0.717, 1.165) is 12.0 Å². The number of hydrogen-bond donors (Lipinski definition) is 0. The lowest BCUT2D eigenvalue weighted by molar-refractivity contribution is 0.0775. The normalized spacial score (nSPS) is 14.6. The lowest BCUT2D eigenvalue weighted by Gasteiger charge is -2.28. The number of carbonyl (C=O) groups excluding carboxylic acids is 1. The molecule has 0 atom stereocenters. The van der Waals surface area contributed by atoms with Gasteiger partial charge < -0.3 is 4.90 Å². The van der Waals surface area contributed by atoms with Gasteiger partial charge >= 0.3 is 0 Å². The van der Waals surface area contributed by atoms with Crippen LogP contribution in [0.1, 0.15) is 22.3 Å². The van der Waals surface area contributed by atoms with Crippen LogP contribution in [0, 0.1) is 0 Å². The molecule has 22 heavy (non-hydrogen) atoms. The molecule has 1 heterocycles. The van der Waals surface area contributed by atoms with Gasteiger partial charge in [0.1, 0.15) is 0 Å². The molecule has 0 aromatic heterocycles. The van der Waals surface area contributed by atoms with Crippen molar-refractivity contribution in [3.8, 4) is 0 Å². The Morgan fingerprint density at radius 1 is 1.00 bits per heavy atom. The molecule has 0 aliphatic carbocycles. The quantitative estimate of drug-likeness (QED) is 0.764. The van der Waals surface area contributed by atoms with E-state index in [1.54, 1.807) is 18.2 Å². The second-order valence-corrected chi connectivity index (χ2v) is 6.14. The van der Waals surface area contributed by atoms with Crippen molar-refractivity contribution in [1.29, 1.82) is 0 Å². The first-order valence-corrected chi connectivity index (χ1v) is 7.89. The van der Waals surface area contributed by atoms with Gasteiger partial charge in [-0.1, -0.05) is 59.6 Å². The molecule has 2 aromatic carbocycles. The van der Waals surface area contributed by atoms with Crippen molar-refractivity contribution in [2.24, 2.45) is 0 Å². The third-order valence-corrected chi connectivity index (χ3v) is 4.13. The van der Waals surface area contributed by atoms with Crippen molar-refractivity contribution in [2.75, 3.05) is 13.1 Å². The van der Waals surface area contributed by atoms with Gasteiger partial charge in [0, 0.05) is 28.7 Å². The first-order valence-electron chi connectivity index (χ1n) is 7.13. The van der Waals surface area contributed by atoms with E-state index in [2.05, 4.69) is 18.2 Å². The van der Waals surface area contributed by atoms with Crippen LogP contribution in [0.2, 0.25) is 10.0 Å². The van der Waals surface area contributed by atoms with Crippen LogP contribution in [0.5, 0.6) is 0 Å². The molecule has 1 aliphatic rings. The SMILES string of the molecule is O=C(c1cc(Cl)cc(Cl)c1)N1CCC=C(c2ccccc2)C1. The molecule has 0 saturated heterocycles.